The molecule has 0 saturated carbocycles. The van der Waals surface area contributed by atoms with Crippen LogP contribution in [0.3, 0.4) is 0 Å². The molecule has 7 heavy (non-hydrogen) atoms. The van der Waals surface area contributed by atoms with E-state index in [1.807, 2.05) is 0 Å². The van der Waals surface area contributed by atoms with Crippen LogP contribution in [0.5, 0.6) is 0 Å². The molecule has 0 aromatic rings. The Labute approximate surface area is 111 Å². The fourth-order valence-corrected chi connectivity index (χ4v) is 0. The number of hydrogen-bond acceptors (Lipinski definition) is 2. The summed E-state index contributed by atoms with van der Waals surface area (Å²) in [6.07, 6.45) is 0. The summed E-state index contributed by atoms with van der Waals surface area (Å²) < 4.78 is 31.6. The van der Waals surface area contributed by atoms with E-state index in [4.69, 9.17) is 17.5 Å². The van der Waals surface area contributed by atoms with Crippen LogP contribution in [-0.4, -0.2) is 104 Å². The maximum absolute atomic E-state index is 8.74. The average molecular weight is 258 g/mol. The maximum Gasteiger partial charge on any atom is 0.394 e. The van der Waals surface area contributed by atoms with Gasteiger partial charge in [-0.05, 0) is 0 Å². The van der Waals surface area contributed by atoms with E-state index in [1.165, 1.54) is 0 Å². The van der Waals surface area contributed by atoms with Gasteiger partial charge in [0, 0.05) is 86.3 Å². The third-order valence-electron chi connectivity index (χ3n) is 0. The summed E-state index contributed by atoms with van der Waals surface area (Å²) >= 11 is 0. The minimum absolute atomic E-state index is 0. The Morgan fingerprint density at radius 3 is 1.14 bits per heavy atom. The van der Waals surface area contributed by atoms with Gasteiger partial charge in [-0.1, -0.05) is 0 Å². The molecule has 0 rings (SSSR count). The molecule has 0 heterocycles. The molecule has 0 aliphatic rings. The van der Waals surface area contributed by atoms with Crippen LogP contribution in [0.15, 0.2) is 0 Å². The summed E-state index contributed by atoms with van der Waals surface area (Å²) in [5.41, 5.74) is 0. The van der Waals surface area contributed by atoms with Gasteiger partial charge in [-0.2, -0.15) is 8.42 Å². The average Bonchev–Trinajstić information content (AvgIpc) is 0.722. The first-order valence-corrected chi connectivity index (χ1v) is 2.10. The molecule has 0 aromatic carbocycles. The van der Waals surface area contributed by atoms with E-state index in [-0.39, 0.29) is 86.3 Å². The van der Waals surface area contributed by atoms with Crippen LogP contribution in [0, 0.1) is 0 Å². The quantitative estimate of drug-likeness (QED) is 0.413. The molecule has 2 N–H and O–H groups in total. The number of hydrogen-bond donors (Lipinski definition) is 2. The molecular formula is H2AlCsO4S. The van der Waals surface area contributed by atoms with Gasteiger partial charge in [0.05, 0.1) is 0 Å². The molecule has 0 saturated heterocycles. The molecule has 4 radical (unpaired) electrons. The van der Waals surface area contributed by atoms with Gasteiger partial charge < -0.3 is 0 Å². The molecule has 4 nitrogen and oxygen atoms in total. The zero-order valence-electron chi connectivity index (χ0n) is 3.70. The van der Waals surface area contributed by atoms with E-state index in [9.17, 15) is 0 Å². The third-order valence-corrected chi connectivity index (χ3v) is 0. The van der Waals surface area contributed by atoms with Crippen molar-refractivity contribution in [3.63, 3.8) is 0 Å². The molecule has 0 fully saturated rings. The molecule has 0 bridgehead atoms. The van der Waals surface area contributed by atoms with Crippen LogP contribution < -0.4 is 0 Å². The van der Waals surface area contributed by atoms with Crippen molar-refractivity contribution in [2.24, 2.45) is 0 Å². The molecule has 0 amide bonds. The van der Waals surface area contributed by atoms with Gasteiger partial charge in [0.1, 0.15) is 0 Å². The van der Waals surface area contributed by atoms with Crippen LogP contribution in [0.1, 0.15) is 0 Å². The van der Waals surface area contributed by atoms with E-state index in [0.29, 0.717) is 0 Å². The molecule has 0 aliphatic carbocycles. The summed E-state index contributed by atoms with van der Waals surface area (Å²) in [6, 6.07) is 0. The van der Waals surface area contributed by atoms with Gasteiger partial charge in [-0.25, -0.2) is 0 Å². The zero-order valence-corrected chi connectivity index (χ0v) is 11.9. The molecule has 7 heteroatoms. The Hall–Kier alpha value is 2.45. The summed E-state index contributed by atoms with van der Waals surface area (Å²) in [7, 11) is -4.67. The van der Waals surface area contributed by atoms with Gasteiger partial charge in [0.25, 0.3) is 0 Å². The van der Waals surface area contributed by atoms with Gasteiger partial charge in [-0.15, -0.1) is 0 Å². The fourth-order valence-electron chi connectivity index (χ4n) is 0. The molecule has 0 spiro atoms. The molecule has 36 valence electrons. The SMILES string of the molecule is O=S(=O)(O)O.[Al].[Cs]. The van der Waals surface area contributed by atoms with E-state index in [1.54, 1.807) is 0 Å². The second-order valence-corrected chi connectivity index (χ2v) is 1.34. The van der Waals surface area contributed by atoms with Crippen molar-refractivity contribution >= 4 is 96.7 Å². The van der Waals surface area contributed by atoms with Crippen LogP contribution in [0.25, 0.3) is 0 Å². The van der Waals surface area contributed by atoms with E-state index in [2.05, 4.69) is 0 Å². The molecule has 0 aromatic heterocycles. The van der Waals surface area contributed by atoms with Crippen LogP contribution in [-0.2, 0) is 10.4 Å². The first-order valence-electron chi connectivity index (χ1n) is 0.698. The predicted molar refractivity (Wildman–Crippen MR) is 25.7 cm³/mol. The maximum atomic E-state index is 8.74. The Kier molecular flexibility index (Phi) is 15.2. The summed E-state index contributed by atoms with van der Waals surface area (Å²) in [5, 5.41) is 0. The summed E-state index contributed by atoms with van der Waals surface area (Å²) in [5.74, 6) is 0. The van der Waals surface area contributed by atoms with Gasteiger partial charge >= 0.3 is 10.4 Å². The molecule has 0 unspecified atom stereocenters. The zero-order chi connectivity index (χ0) is 4.50. The first-order chi connectivity index (χ1) is 2.00. The minimum Gasteiger partial charge on any atom is -0.264 e. The Morgan fingerprint density at radius 2 is 1.14 bits per heavy atom. The normalized spacial score (nSPS) is 8.29. The van der Waals surface area contributed by atoms with Crippen molar-refractivity contribution < 1.29 is 17.5 Å². The second-order valence-electron chi connectivity index (χ2n) is 0.448. The summed E-state index contributed by atoms with van der Waals surface area (Å²) in [6.45, 7) is 0. The van der Waals surface area contributed by atoms with E-state index in [0.717, 1.165) is 0 Å². The second kappa shape index (κ2) is 6.57. The van der Waals surface area contributed by atoms with Crippen molar-refractivity contribution in [2.45, 2.75) is 0 Å². The van der Waals surface area contributed by atoms with Crippen LogP contribution in [0.2, 0.25) is 0 Å². The Bertz CT molecular complexity index is 94.9. The fraction of sp³-hybridized carbons (Fsp3) is 0. The predicted octanol–water partition coefficient (Wildman–Crippen LogP) is -1.41. The van der Waals surface area contributed by atoms with E-state index >= 15 is 0 Å². The van der Waals surface area contributed by atoms with Gasteiger partial charge in [-0.3, -0.25) is 9.11 Å². The van der Waals surface area contributed by atoms with Gasteiger partial charge in [0.15, 0.2) is 0 Å². The third kappa shape index (κ3) is 58.5. The van der Waals surface area contributed by atoms with E-state index < -0.39 is 10.4 Å². The van der Waals surface area contributed by atoms with Crippen LogP contribution >= 0.6 is 0 Å². The standard InChI is InChI=1S/Al.Cs.H2O4S/c;;1-5(2,3)4/h;;(H2,1,2,3,4). The smallest absolute Gasteiger partial charge is 0.264 e. The monoisotopic (exact) mass is 258 g/mol. The first kappa shape index (κ1) is 16.2. The summed E-state index contributed by atoms with van der Waals surface area (Å²) in [4.78, 5) is 0. The van der Waals surface area contributed by atoms with Gasteiger partial charge in [0.2, 0.25) is 0 Å². The molecule has 0 atom stereocenters. The van der Waals surface area contributed by atoms with Crippen molar-refractivity contribution in [3.05, 3.63) is 0 Å². The van der Waals surface area contributed by atoms with Crippen molar-refractivity contribution in [1.29, 1.82) is 0 Å². The van der Waals surface area contributed by atoms with Crippen molar-refractivity contribution in [3.8, 4) is 0 Å². The molecule has 0 aliphatic heterocycles. The Balaban J connectivity index is -0.0000000800. The largest absolute Gasteiger partial charge is 0.394 e. The number of rotatable bonds is 0. The minimum atomic E-state index is -4.67. The van der Waals surface area contributed by atoms with Crippen molar-refractivity contribution in [1.82, 2.24) is 0 Å². The molecular weight excluding hydrogens is 256 g/mol. The van der Waals surface area contributed by atoms with Crippen molar-refractivity contribution in [2.75, 3.05) is 0 Å². The van der Waals surface area contributed by atoms with Crippen LogP contribution in [0.4, 0.5) is 0 Å². The topological polar surface area (TPSA) is 74.6 Å². The Morgan fingerprint density at radius 1 is 1.14 bits per heavy atom.